The van der Waals surface area contributed by atoms with Crippen LogP contribution in [0.5, 0.6) is 11.5 Å². The van der Waals surface area contributed by atoms with E-state index in [4.69, 9.17) is 32.8 Å². The molecular weight excluding hydrogens is 642 g/mol. The Kier molecular flexibility index (Phi) is 11.5. The van der Waals surface area contributed by atoms with Crippen molar-refractivity contribution in [3.05, 3.63) is 47.5 Å². The highest BCUT2D eigenvalue weighted by Gasteiger charge is 2.53. The first-order valence-electron chi connectivity index (χ1n) is 19.0. The van der Waals surface area contributed by atoms with Gasteiger partial charge in [-0.25, -0.2) is 0 Å². The summed E-state index contributed by atoms with van der Waals surface area (Å²) in [5.41, 5.74) is 2.48. The molecule has 2 aromatic carbocycles. The molecule has 0 spiro atoms. The zero-order chi connectivity index (χ0) is 37.6. The Balaban J connectivity index is 0.00000248. The summed E-state index contributed by atoms with van der Waals surface area (Å²) in [5, 5.41) is 0. The Morgan fingerprint density at radius 2 is 1.10 bits per heavy atom. The minimum atomic E-state index is -0.389. The van der Waals surface area contributed by atoms with Crippen LogP contribution < -0.4 is 20.4 Å². The van der Waals surface area contributed by atoms with Crippen LogP contribution in [0.3, 0.4) is 0 Å². The number of benzene rings is 2. The Morgan fingerprint density at radius 3 is 1.59 bits per heavy atom. The van der Waals surface area contributed by atoms with Crippen LogP contribution in [0.15, 0.2) is 36.4 Å². The van der Waals surface area contributed by atoms with Crippen LogP contribution in [0.4, 0.5) is 0 Å². The number of hydrogen-bond acceptors (Lipinski definition) is 9. The maximum Gasteiger partial charge on any atom is 0.494 e. The van der Waals surface area contributed by atoms with Gasteiger partial charge in [-0.3, -0.25) is 9.80 Å². The van der Waals surface area contributed by atoms with Crippen molar-refractivity contribution in [1.29, 1.82) is 0 Å². The maximum absolute atomic E-state index is 6.54. The van der Waals surface area contributed by atoms with Crippen LogP contribution in [-0.2, 0) is 36.4 Å². The van der Waals surface area contributed by atoms with E-state index in [1.165, 1.54) is 0 Å². The highest BCUT2D eigenvalue weighted by molar-refractivity contribution is 6.62. The number of nitrogens with zero attached hydrogens (tertiary/aromatic N) is 2. The molecule has 0 unspecified atom stereocenters. The van der Waals surface area contributed by atoms with Crippen molar-refractivity contribution in [3.8, 4) is 11.5 Å². The van der Waals surface area contributed by atoms with Gasteiger partial charge in [0.15, 0.2) is 0 Å². The number of fused-ring (bicyclic) bond motifs is 2. The van der Waals surface area contributed by atoms with E-state index in [2.05, 4.69) is 123 Å². The normalized spacial score (nSPS) is 22.4. The third kappa shape index (κ3) is 8.66. The molecule has 4 aliphatic rings. The molecular formula is C40H64B2N2O7. The average Bonchev–Trinajstić information content (AvgIpc) is 3.42. The molecule has 0 radical (unpaired) electrons. The van der Waals surface area contributed by atoms with Gasteiger partial charge in [0, 0.05) is 42.9 Å². The van der Waals surface area contributed by atoms with Crippen LogP contribution in [0.2, 0.25) is 0 Å². The molecule has 2 aromatic rings. The molecule has 0 saturated carbocycles. The molecule has 6 rings (SSSR count). The van der Waals surface area contributed by atoms with Crippen LogP contribution in [-0.4, -0.2) is 84.2 Å². The van der Waals surface area contributed by atoms with E-state index in [1.54, 1.807) is 0 Å². The second kappa shape index (κ2) is 14.6. The molecule has 0 aliphatic carbocycles. The first-order valence-corrected chi connectivity index (χ1v) is 19.0. The number of ether oxygens (including phenoxy) is 3. The predicted octanol–water partition coefficient (Wildman–Crippen LogP) is 6.67. The summed E-state index contributed by atoms with van der Waals surface area (Å²) in [7, 11) is -0.771. The van der Waals surface area contributed by atoms with Gasteiger partial charge in [0.2, 0.25) is 0 Å². The molecule has 11 heteroatoms. The van der Waals surface area contributed by atoms with Gasteiger partial charge in [-0.05, 0) is 119 Å². The number of rotatable bonds is 10. The molecule has 2 fully saturated rings. The number of hydrogen-bond donors (Lipinski definition) is 0. The zero-order valence-corrected chi connectivity index (χ0v) is 34.0. The minimum Gasteiger partial charge on any atom is -0.478 e. The Morgan fingerprint density at radius 1 is 0.647 bits per heavy atom. The second-order valence-corrected chi connectivity index (χ2v) is 17.6. The fourth-order valence-electron chi connectivity index (χ4n) is 6.59. The molecule has 0 bridgehead atoms. The summed E-state index contributed by atoms with van der Waals surface area (Å²) >= 11 is 0. The van der Waals surface area contributed by atoms with E-state index >= 15 is 0 Å². The molecule has 51 heavy (non-hydrogen) atoms. The van der Waals surface area contributed by atoms with Gasteiger partial charge in [0.25, 0.3) is 0 Å². The van der Waals surface area contributed by atoms with Crippen LogP contribution >= 0.6 is 0 Å². The molecule has 4 heterocycles. The van der Waals surface area contributed by atoms with Crippen LogP contribution in [0.25, 0.3) is 0 Å². The lowest BCUT2D eigenvalue weighted by Gasteiger charge is -2.42. The minimum absolute atomic E-state index is 0.118. The lowest BCUT2D eigenvalue weighted by Crippen LogP contribution is -2.48. The first kappa shape index (κ1) is 40.1. The topological polar surface area (TPSA) is 71.1 Å². The van der Waals surface area contributed by atoms with E-state index in [0.29, 0.717) is 20.1 Å². The van der Waals surface area contributed by atoms with Crippen molar-refractivity contribution in [2.75, 3.05) is 26.6 Å². The summed E-state index contributed by atoms with van der Waals surface area (Å²) in [4.78, 5) is 4.73. The Hall–Kier alpha value is -2.11. The summed E-state index contributed by atoms with van der Waals surface area (Å²) in [6.45, 7) is 33.9. The largest absolute Gasteiger partial charge is 0.494 e. The third-order valence-electron chi connectivity index (χ3n) is 11.8. The summed E-state index contributed by atoms with van der Waals surface area (Å²) in [5.74, 6) is 1.86. The predicted molar refractivity (Wildman–Crippen MR) is 206 cm³/mol. The van der Waals surface area contributed by atoms with Crippen molar-refractivity contribution in [2.24, 2.45) is 0 Å². The Labute approximate surface area is 309 Å². The molecule has 0 N–H and O–H groups in total. The molecule has 0 atom stereocenters. The van der Waals surface area contributed by atoms with Gasteiger partial charge < -0.3 is 32.8 Å². The first-order chi connectivity index (χ1) is 23.7. The highest BCUT2D eigenvalue weighted by atomic mass is 16.7. The molecule has 0 aromatic heterocycles. The van der Waals surface area contributed by atoms with Crippen molar-refractivity contribution < 1.29 is 32.8 Å². The van der Waals surface area contributed by atoms with Crippen molar-refractivity contribution in [1.82, 2.24) is 9.80 Å². The lowest BCUT2D eigenvalue weighted by molar-refractivity contribution is -0.0599. The van der Waals surface area contributed by atoms with Gasteiger partial charge in [-0.15, -0.1) is 0 Å². The molecule has 2 saturated heterocycles. The summed E-state index contributed by atoms with van der Waals surface area (Å²) < 4.78 is 44.1. The average molecular weight is 707 g/mol. The standard InChI is InChI=1S/C38H58B2N2O7.C2H6/c1-33(2,42-24-28-22-30(14-16-32(28)44-26-42)40-48-37(9,10)38(11,12)49-40)18-20-45-34(3,4)17-19-41-23-27-21-29(13-15-31(27)43-25-41)39-46-35(5,6)36(7,8)47-39;1-2/h13-16,21-22H,17-20,23-26H2,1-12H3;1-2H3. The third-order valence-corrected chi connectivity index (χ3v) is 11.8. The summed E-state index contributed by atoms with van der Waals surface area (Å²) in [6, 6.07) is 12.6. The van der Waals surface area contributed by atoms with E-state index in [0.717, 1.165) is 66.0 Å². The molecule has 0 amide bonds. The van der Waals surface area contributed by atoms with E-state index in [9.17, 15) is 0 Å². The molecule has 282 valence electrons. The SMILES string of the molecule is CC.CC(C)(CCN1COc2ccc(B3OC(C)(C)C(C)(C)O3)cc2C1)OCCC(C)(C)N1COc2ccc(B3OC(C)(C)C(C)(C)O3)cc2C1. The van der Waals surface area contributed by atoms with Crippen molar-refractivity contribution in [3.63, 3.8) is 0 Å². The highest BCUT2D eigenvalue weighted by Crippen LogP contribution is 2.39. The smallest absolute Gasteiger partial charge is 0.478 e. The lowest BCUT2D eigenvalue weighted by atomic mass is 9.78. The fraction of sp³-hybridized carbons (Fsp3) is 0.700. The van der Waals surface area contributed by atoms with E-state index in [-0.39, 0.29) is 47.8 Å². The van der Waals surface area contributed by atoms with Crippen molar-refractivity contribution >= 4 is 25.2 Å². The second-order valence-electron chi connectivity index (χ2n) is 17.6. The molecule has 4 aliphatic heterocycles. The van der Waals surface area contributed by atoms with Crippen LogP contribution in [0.1, 0.15) is 121 Å². The quantitative estimate of drug-likeness (QED) is 0.252. The van der Waals surface area contributed by atoms with Crippen LogP contribution in [0, 0.1) is 0 Å². The monoisotopic (exact) mass is 706 g/mol. The van der Waals surface area contributed by atoms with Gasteiger partial charge >= 0.3 is 14.2 Å². The fourth-order valence-corrected chi connectivity index (χ4v) is 6.59. The van der Waals surface area contributed by atoms with Gasteiger partial charge in [-0.2, -0.15) is 0 Å². The van der Waals surface area contributed by atoms with Gasteiger partial charge in [-0.1, -0.05) is 38.1 Å². The Bertz CT molecular complexity index is 1490. The van der Waals surface area contributed by atoms with E-state index < -0.39 is 0 Å². The maximum atomic E-state index is 6.54. The van der Waals surface area contributed by atoms with Gasteiger partial charge in [0.1, 0.15) is 25.0 Å². The van der Waals surface area contributed by atoms with Crippen molar-refractivity contribution in [2.45, 2.75) is 156 Å². The van der Waals surface area contributed by atoms with E-state index in [1.807, 2.05) is 19.9 Å². The zero-order valence-electron chi connectivity index (χ0n) is 34.0. The summed E-state index contributed by atoms with van der Waals surface area (Å²) in [6.07, 6.45) is 1.78. The van der Waals surface area contributed by atoms with Gasteiger partial charge in [0.05, 0.1) is 28.0 Å². The molecule has 9 nitrogen and oxygen atoms in total.